The van der Waals surface area contributed by atoms with Crippen molar-refractivity contribution in [1.29, 1.82) is 0 Å². The summed E-state index contributed by atoms with van der Waals surface area (Å²) >= 11 is 0. The normalized spacial score (nSPS) is 14.9. The van der Waals surface area contributed by atoms with Crippen molar-refractivity contribution in [2.75, 3.05) is 46.5 Å². The number of hydrogen-bond acceptors (Lipinski definition) is 6. The molecule has 1 aliphatic heterocycles. The van der Waals surface area contributed by atoms with Crippen LogP contribution in [-0.2, 0) is 17.8 Å². The summed E-state index contributed by atoms with van der Waals surface area (Å²) in [6.45, 7) is 10.4. The lowest BCUT2D eigenvalue weighted by Gasteiger charge is -2.26. The summed E-state index contributed by atoms with van der Waals surface area (Å²) in [6, 6.07) is 10.1. The van der Waals surface area contributed by atoms with Crippen LogP contribution in [0.5, 0.6) is 5.75 Å². The number of morpholine rings is 1. The van der Waals surface area contributed by atoms with Gasteiger partial charge in [0.05, 0.1) is 25.5 Å². The number of guanidine groups is 1. The average molecular weight is 543 g/mol. The Kier molecular flexibility index (Phi) is 11.1. The molecule has 1 saturated heterocycles. The number of hydrogen-bond donors (Lipinski definition) is 2. The van der Waals surface area contributed by atoms with Gasteiger partial charge in [0.1, 0.15) is 12.4 Å². The van der Waals surface area contributed by atoms with Gasteiger partial charge < -0.3 is 24.6 Å². The first-order chi connectivity index (χ1) is 14.7. The quantitative estimate of drug-likeness (QED) is 0.286. The van der Waals surface area contributed by atoms with Crippen molar-refractivity contribution in [2.24, 2.45) is 4.99 Å². The minimum Gasteiger partial charge on any atom is -0.492 e. The number of aromatic nitrogens is 1. The van der Waals surface area contributed by atoms with Crippen LogP contribution in [0.1, 0.15) is 36.8 Å². The standard InChI is InChI=1S/C22H33N5O3.HI/c1-17(2)20-14-19(30-26-20)16-25-22(23-3)24-15-18-6-4-5-7-21(18)29-13-10-27-8-11-28-12-9-27;/h4-7,14,17H,8-13,15-16H2,1-3H3,(H2,23,24,25);1H. The predicted octanol–water partition coefficient (Wildman–Crippen LogP) is 2.99. The molecule has 0 spiro atoms. The van der Waals surface area contributed by atoms with Crippen LogP contribution in [-0.4, -0.2) is 62.5 Å². The Balaban J connectivity index is 0.00000341. The van der Waals surface area contributed by atoms with Gasteiger partial charge in [-0.3, -0.25) is 9.89 Å². The monoisotopic (exact) mass is 543 g/mol. The van der Waals surface area contributed by atoms with Crippen molar-refractivity contribution < 1.29 is 14.0 Å². The summed E-state index contributed by atoms with van der Waals surface area (Å²) in [5.41, 5.74) is 2.04. The van der Waals surface area contributed by atoms with E-state index in [2.05, 4.69) is 45.6 Å². The number of aliphatic imine (C=N–C) groups is 1. The van der Waals surface area contributed by atoms with Gasteiger partial charge in [-0.2, -0.15) is 0 Å². The van der Waals surface area contributed by atoms with E-state index in [1.54, 1.807) is 7.05 Å². The fraction of sp³-hybridized carbons (Fsp3) is 0.545. The van der Waals surface area contributed by atoms with Gasteiger partial charge in [-0.25, -0.2) is 0 Å². The second-order valence-electron chi connectivity index (χ2n) is 7.56. The molecule has 0 saturated carbocycles. The van der Waals surface area contributed by atoms with E-state index in [-0.39, 0.29) is 24.0 Å². The Morgan fingerprint density at radius 1 is 1.19 bits per heavy atom. The van der Waals surface area contributed by atoms with Gasteiger partial charge in [-0.1, -0.05) is 37.2 Å². The third-order valence-electron chi connectivity index (χ3n) is 5.01. The first-order valence-electron chi connectivity index (χ1n) is 10.6. The van der Waals surface area contributed by atoms with Gasteiger partial charge in [0.2, 0.25) is 0 Å². The maximum absolute atomic E-state index is 6.05. The molecule has 0 atom stereocenters. The zero-order valence-corrected chi connectivity index (χ0v) is 20.9. The molecule has 1 aromatic carbocycles. The van der Waals surface area contributed by atoms with E-state index in [9.17, 15) is 0 Å². The molecule has 1 aliphatic rings. The summed E-state index contributed by atoms with van der Waals surface area (Å²) < 4.78 is 16.8. The molecule has 0 aliphatic carbocycles. The van der Waals surface area contributed by atoms with Crippen molar-refractivity contribution in [3.05, 3.63) is 47.3 Å². The molecule has 2 heterocycles. The molecule has 0 radical (unpaired) electrons. The predicted molar refractivity (Wildman–Crippen MR) is 132 cm³/mol. The first-order valence-corrected chi connectivity index (χ1v) is 10.6. The minimum absolute atomic E-state index is 0. The van der Waals surface area contributed by atoms with Gasteiger partial charge in [0, 0.05) is 44.9 Å². The largest absolute Gasteiger partial charge is 0.492 e. The average Bonchev–Trinajstić information content (AvgIpc) is 3.25. The molecule has 1 fully saturated rings. The zero-order valence-electron chi connectivity index (χ0n) is 18.6. The van der Waals surface area contributed by atoms with E-state index in [0.717, 1.165) is 55.6 Å². The van der Waals surface area contributed by atoms with Crippen LogP contribution in [0.3, 0.4) is 0 Å². The number of rotatable bonds is 9. The van der Waals surface area contributed by atoms with Gasteiger partial charge in [0.25, 0.3) is 0 Å². The smallest absolute Gasteiger partial charge is 0.191 e. The number of benzene rings is 1. The van der Waals surface area contributed by atoms with E-state index < -0.39 is 0 Å². The van der Waals surface area contributed by atoms with E-state index >= 15 is 0 Å². The molecule has 0 bridgehead atoms. The summed E-state index contributed by atoms with van der Waals surface area (Å²) in [5.74, 6) is 2.72. The second kappa shape index (κ2) is 13.5. The Labute approximate surface area is 201 Å². The molecule has 2 N–H and O–H groups in total. The second-order valence-corrected chi connectivity index (χ2v) is 7.56. The summed E-state index contributed by atoms with van der Waals surface area (Å²) in [4.78, 5) is 6.65. The van der Waals surface area contributed by atoms with Crippen LogP contribution in [0.15, 0.2) is 39.8 Å². The van der Waals surface area contributed by atoms with E-state index in [1.165, 1.54) is 0 Å². The third-order valence-corrected chi connectivity index (χ3v) is 5.01. The van der Waals surface area contributed by atoms with Crippen LogP contribution in [0.4, 0.5) is 0 Å². The molecule has 9 heteroatoms. The van der Waals surface area contributed by atoms with E-state index in [0.29, 0.717) is 31.6 Å². The van der Waals surface area contributed by atoms with Crippen LogP contribution < -0.4 is 15.4 Å². The topological polar surface area (TPSA) is 84.2 Å². The highest BCUT2D eigenvalue weighted by Crippen LogP contribution is 2.18. The lowest BCUT2D eigenvalue weighted by molar-refractivity contribution is 0.0322. The number of ether oxygens (including phenoxy) is 2. The molecule has 0 unspecified atom stereocenters. The van der Waals surface area contributed by atoms with E-state index in [1.807, 2.05) is 24.3 Å². The van der Waals surface area contributed by atoms with Crippen LogP contribution in [0, 0.1) is 0 Å². The summed E-state index contributed by atoms with van der Waals surface area (Å²) in [7, 11) is 1.75. The number of halogens is 1. The molecule has 2 aromatic rings. The summed E-state index contributed by atoms with van der Waals surface area (Å²) in [5, 5.41) is 10.7. The lowest BCUT2D eigenvalue weighted by Crippen LogP contribution is -2.38. The Morgan fingerprint density at radius 3 is 2.65 bits per heavy atom. The van der Waals surface area contributed by atoms with Crippen LogP contribution >= 0.6 is 24.0 Å². The molecular formula is C22H34IN5O3. The third kappa shape index (κ3) is 8.30. The maximum Gasteiger partial charge on any atom is 0.191 e. The molecule has 172 valence electrons. The number of para-hydroxylation sites is 1. The Hall–Kier alpha value is -1.85. The maximum atomic E-state index is 6.05. The van der Waals surface area contributed by atoms with E-state index in [4.69, 9.17) is 14.0 Å². The van der Waals surface area contributed by atoms with Crippen molar-refractivity contribution in [3.63, 3.8) is 0 Å². The van der Waals surface area contributed by atoms with Crippen molar-refractivity contribution in [3.8, 4) is 5.75 Å². The first kappa shape index (κ1) is 25.4. The molecule has 0 amide bonds. The molecule has 31 heavy (non-hydrogen) atoms. The van der Waals surface area contributed by atoms with Gasteiger partial charge >= 0.3 is 0 Å². The lowest BCUT2D eigenvalue weighted by atomic mass is 10.1. The van der Waals surface area contributed by atoms with Gasteiger partial charge in [-0.05, 0) is 12.0 Å². The highest BCUT2D eigenvalue weighted by Gasteiger charge is 2.11. The minimum atomic E-state index is 0. The number of nitrogens with zero attached hydrogens (tertiary/aromatic N) is 3. The summed E-state index contributed by atoms with van der Waals surface area (Å²) in [6.07, 6.45) is 0. The highest BCUT2D eigenvalue weighted by atomic mass is 127. The van der Waals surface area contributed by atoms with Crippen molar-refractivity contribution in [1.82, 2.24) is 20.7 Å². The fourth-order valence-corrected chi connectivity index (χ4v) is 3.15. The van der Waals surface area contributed by atoms with Crippen molar-refractivity contribution >= 4 is 29.9 Å². The zero-order chi connectivity index (χ0) is 21.2. The van der Waals surface area contributed by atoms with Crippen molar-refractivity contribution in [2.45, 2.75) is 32.9 Å². The molecular weight excluding hydrogens is 509 g/mol. The fourth-order valence-electron chi connectivity index (χ4n) is 3.15. The molecule has 1 aromatic heterocycles. The van der Waals surface area contributed by atoms with Crippen LogP contribution in [0.25, 0.3) is 0 Å². The molecule has 8 nitrogen and oxygen atoms in total. The SMILES string of the molecule is CN=C(NCc1cc(C(C)C)no1)NCc1ccccc1OCCN1CCOCC1.I. The Bertz CT molecular complexity index is 806. The Morgan fingerprint density at radius 2 is 1.94 bits per heavy atom. The van der Waals surface area contributed by atoms with Gasteiger partial charge in [-0.15, -0.1) is 24.0 Å². The highest BCUT2D eigenvalue weighted by molar-refractivity contribution is 14.0. The molecule has 3 rings (SSSR count). The number of nitrogens with one attached hydrogen (secondary N) is 2. The van der Waals surface area contributed by atoms with Gasteiger partial charge in [0.15, 0.2) is 11.7 Å². The van der Waals surface area contributed by atoms with Crippen LogP contribution in [0.2, 0.25) is 0 Å².